The molecule has 2 fully saturated rings. The maximum atomic E-state index is 15.3. The summed E-state index contributed by atoms with van der Waals surface area (Å²) in [6, 6.07) is 15.5. The minimum atomic E-state index is -1.06. The van der Waals surface area contributed by atoms with Gasteiger partial charge in [0.1, 0.15) is 13.7 Å². The molecule has 39 heavy (non-hydrogen) atoms. The molecule has 3 aromatic rings. The molecule has 2 saturated carbocycles. The first kappa shape index (κ1) is 27.9. The van der Waals surface area contributed by atoms with E-state index >= 15 is 4.39 Å². The third kappa shape index (κ3) is 6.23. The molecular formula is C34H38BF3O. The van der Waals surface area contributed by atoms with Crippen LogP contribution in [0.4, 0.5) is 13.2 Å². The summed E-state index contributed by atoms with van der Waals surface area (Å²) in [7, 11) is 5.27. The van der Waals surface area contributed by atoms with Crippen LogP contribution in [0.5, 0.6) is 5.75 Å². The van der Waals surface area contributed by atoms with Gasteiger partial charge in [-0.15, -0.1) is 0 Å². The van der Waals surface area contributed by atoms with E-state index in [1.165, 1.54) is 63.5 Å². The molecule has 0 bridgehead atoms. The van der Waals surface area contributed by atoms with Gasteiger partial charge in [0.05, 0.1) is 0 Å². The van der Waals surface area contributed by atoms with Gasteiger partial charge in [0.2, 0.25) is 5.82 Å². The molecule has 0 atom stereocenters. The monoisotopic (exact) mass is 530 g/mol. The molecule has 0 spiro atoms. The van der Waals surface area contributed by atoms with Crippen molar-refractivity contribution < 1.29 is 17.9 Å². The number of ether oxygens (including phenoxy) is 1. The van der Waals surface area contributed by atoms with Crippen molar-refractivity contribution in [2.24, 2.45) is 17.8 Å². The topological polar surface area (TPSA) is 9.23 Å². The number of benzene rings is 3. The van der Waals surface area contributed by atoms with Crippen LogP contribution in [-0.4, -0.2) is 14.4 Å². The Morgan fingerprint density at radius 3 is 1.95 bits per heavy atom. The van der Waals surface area contributed by atoms with Crippen LogP contribution < -0.4 is 4.74 Å². The summed E-state index contributed by atoms with van der Waals surface area (Å²) >= 11 is 0. The molecule has 204 valence electrons. The lowest BCUT2D eigenvalue weighted by molar-refractivity contribution is 0.156. The Hall–Kier alpha value is -2.69. The summed E-state index contributed by atoms with van der Waals surface area (Å²) in [5, 5.41) is 0. The molecule has 0 aromatic heterocycles. The van der Waals surface area contributed by atoms with Crippen molar-refractivity contribution in [3.63, 3.8) is 0 Å². The quantitative estimate of drug-likeness (QED) is 0.264. The van der Waals surface area contributed by atoms with Crippen LogP contribution in [0.1, 0.15) is 82.6 Å². The smallest absolute Gasteiger partial charge is 0.201 e. The van der Waals surface area contributed by atoms with E-state index in [1.54, 1.807) is 18.2 Å². The van der Waals surface area contributed by atoms with Crippen molar-refractivity contribution in [2.75, 3.05) is 6.51 Å². The zero-order chi connectivity index (χ0) is 27.4. The summed E-state index contributed by atoms with van der Waals surface area (Å²) in [5.74, 6) is 0.509. The van der Waals surface area contributed by atoms with Gasteiger partial charge in [0.25, 0.3) is 0 Å². The lowest BCUT2D eigenvalue weighted by atomic mass is 9.68. The van der Waals surface area contributed by atoms with E-state index in [0.29, 0.717) is 11.5 Å². The van der Waals surface area contributed by atoms with E-state index in [4.69, 9.17) is 12.6 Å². The van der Waals surface area contributed by atoms with Crippen LogP contribution in [0.3, 0.4) is 0 Å². The van der Waals surface area contributed by atoms with Crippen molar-refractivity contribution >= 4 is 7.85 Å². The molecule has 5 heteroatoms. The molecule has 0 heterocycles. The van der Waals surface area contributed by atoms with Crippen LogP contribution in [0.25, 0.3) is 22.3 Å². The van der Waals surface area contributed by atoms with Gasteiger partial charge < -0.3 is 4.74 Å². The minimum Gasteiger partial charge on any atom is -0.500 e. The fourth-order valence-corrected chi connectivity index (χ4v) is 7.09. The second-order valence-corrected chi connectivity index (χ2v) is 11.5. The first-order valence-electron chi connectivity index (χ1n) is 14.7. The van der Waals surface area contributed by atoms with Gasteiger partial charge in [-0.1, -0.05) is 69.0 Å². The zero-order valence-corrected chi connectivity index (χ0v) is 22.9. The molecule has 0 amide bonds. The Bertz CT molecular complexity index is 1240. The lowest BCUT2D eigenvalue weighted by Crippen LogP contribution is -2.25. The maximum absolute atomic E-state index is 15.3. The molecule has 0 unspecified atom stereocenters. The van der Waals surface area contributed by atoms with Gasteiger partial charge in [-0.25, -0.2) is 8.78 Å². The molecule has 0 saturated heterocycles. The van der Waals surface area contributed by atoms with Crippen molar-refractivity contribution in [3.8, 4) is 28.0 Å². The first-order chi connectivity index (χ1) is 19.0. The molecule has 5 rings (SSSR count). The van der Waals surface area contributed by atoms with Crippen molar-refractivity contribution in [3.05, 3.63) is 77.6 Å². The normalized spacial score (nSPS) is 23.5. The maximum Gasteiger partial charge on any atom is 0.201 e. The van der Waals surface area contributed by atoms with Crippen molar-refractivity contribution in [1.29, 1.82) is 0 Å². The van der Waals surface area contributed by atoms with Crippen LogP contribution in [0, 0.1) is 35.2 Å². The van der Waals surface area contributed by atoms with Gasteiger partial charge in [-0.2, -0.15) is 4.39 Å². The first-order valence-corrected chi connectivity index (χ1v) is 14.7. The largest absolute Gasteiger partial charge is 0.500 e. The molecular weight excluding hydrogens is 492 g/mol. The highest BCUT2D eigenvalue weighted by atomic mass is 19.2. The highest BCUT2D eigenvalue weighted by Gasteiger charge is 2.31. The van der Waals surface area contributed by atoms with Gasteiger partial charge in [0, 0.05) is 12.1 Å². The average molecular weight is 530 g/mol. The molecule has 3 aromatic carbocycles. The lowest BCUT2D eigenvalue weighted by Gasteiger charge is -2.38. The minimum absolute atomic E-state index is 0.134. The van der Waals surface area contributed by atoms with E-state index in [-0.39, 0.29) is 23.6 Å². The number of halogens is 3. The Balaban J connectivity index is 1.22. The highest BCUT2D eigenvalue weighted by molar-refractivity contribution is 6.08. The Morgan fingerprint density at radius 2 is 1.33 bits per heavy atom. The Labute approximate surface area is 232 Å². The third-order valence-electron chi connectivity index (χ3n) is 9.28. The predicted molar refractivity (Wildman–Crippen MR) is 153 cm³/mol. The van der Waals surface area contributed by atoms with E-state index in [1.807, 2.05) is 24.3 Å². The van der Waals surface area contributed by atoms with Gasteiger partial charge >= 0.3 is 0 Å². The van der Waals surface area contributed by atoms with Gasteiger partial charge in [-0.05, 0) is 103 Å². The van der Waals surface area contributed by atoms with Gasteiger partial charge in [0.15, 0.2) is 11.6 Å². The Kier molecular flexibility index (Phi) is 9.04. The summed E-state index contributed by atoms with van der Waals surface area (Å²) in [6.45, 7) is 2.06. The van der Waals surface area contributed by atoms with Crippen molar-refractivity contribution in [2.45, 2.75) is 77.0 Å². The van der Waals surface area contributed by atoms with E-state index in [9.17, 15) is 8.78 Å². The molecule has 0 N–H and O–H groups in total. The number of hydrogen-bond acceptors (Lipinski definition) is 1. The zero-order valence-electron chi connectivity index (χ0n) is 22.9. The SMILES string of the molecule is [B]COc1ccc(-c2ccc(-c3ccc(C4CCC(C5CCC(CCC)CC5)CC4)c(F)c3)cc2)c(F)c1F. The number of rotatable bonds is 8. The molecule has 2 aliphatic carbocycles. The van der Waals surface area contributed by atoms with E-state index in [2.05, 4.69) is 6.92 Å². The van der Waals surface area contributed by atoms with Gasteiger partial charge in [-0.3, -0.25) is 0 Å². The molecule has 0 aliphatic heterocycles. The van der Waals surface area contributed by atoms with E-state index < -0.39 is 11.6 Å². The highest BCUT2D eigenvalue weighted by Crippen LogP contribution is 2.45. The van der Waals surface area contributed by atoms with Crippen LogP contribution in [0.15, 0.2) is 54.6 Å². The molecule has 1 nitrogen and oxygen atoms in total. The molecule has 2 aliphatic rings. The standard InChI is InChI=1S/C34H38BF3O/c1-2-3-22-4-6-23(7-5-22)24-8-12-26(13-9-24)29-17-16-28(20-31(29)36)25-10-14-27(15-11-25)30-18-19-32(39-21-35)34(38)33(30)37/h10-11,14-20,22-24,26H,2-9,12-13,21H2,1H3. The van der Waals surface area contributed by atoms with Crippen LogP contribution in [0.2, 0.25) is 0 Å². The summed E-state index contributed by atoms with van der Waals surface area (Å²) < 4.78 is 49.1. The van der Waals surface area contributed by atoms with E-state index in [0.717, 1.165) is 47.3 Å². The fraction of sp³-hybridized carbons (Fsp3) is 0.471. The second-order valence-electron chi connectivity index (χ2n) is 11.5. The average Bonchev–Trinajstić information content (AvgIpc) is 2.97. The predicted octanol–water partition coefficient (Wildman–Crippen LogP) is 9.82. The Morgan fingerprint density at radius 1 is 0.718 bits per heavy atom. The summed E-state index contributed by atoms with van der Waals surface area (Å²) in [6.07, 6.45) is 12.8. The van der Waals surface area contributed by atoms with Crippen LogP contribution in [-0.2, 0) is 0 Å². The third-order valence-corrected chi connectivity index (χ3v) is 9.28. The number of hydrogen-bond donors (Lipinski definition) is 0. The summed E-state index contributed by atoms with van der Waals surface area (Å²) in [5.41, 5.74) is 3.10. The second kappa shape index (κ2) is 12.7. The molecule has 2 radical (unpaired) electrons. The van der Waals surface area contributed by atoms with Crippen molar-refractivity contribution in [1.82, 2.24) is 0 Å². The fourth-order valence-electron chi connectivity index (χ4n) is 7.09. The summed E-state index contributed by atoms with van der Waals surface area (Å²) in [4.78, 5) is 0. The van der Waals surface area contributed by atoms with Crippen LogP contribution >= 0.6 is 0 Å².